The highest BCUT2D eigenvalue weighted by Gasteiger charge is 2.20. The van der Waals surface area contributed by atoms with E-state index in [0.29, 0.717) is 5.69 Å². The molecule has 0 N–H and O–H groups in total. The Morgan fingerprint density at radius 3 is 2.64 bits per heavy atom. The van der Waals surface area contributed by atoms with Crippen LogP contribution in [-0.2, 0) is 7.05 Å². The van der Waals surface area contributed by atoms with E-state index in [2.05, 4.69) is 34.9 Å². The fourth-order valence-corrected chi connectivity index (χ4v) is 3.08. The summed E-state index contributed by atoms with van der Waals surface area (Å²) in [5, 5.41) is 16.9. The number of aromatic nitrogens is 6. The lowest BCUT2D eigenvalue weighted by Crippen LogP contribution is -2.31. The molecule has 0 spiro atoms. The second-order valence-corrected chi connectivity index (χ2v) is 5.94. The maximum atomic E-state index is 8.84. The minimum absolute atomic E-state index is 0.332. The number of hydrogen-bond acceptors (Lipinski definition) is 8. The zero-order valence-corrected chi connectivity index (χ0v) is 13.9. The van der Waals surface area contributed by atoms with Gasteiger partial charge in [-0.15, -0.1) is 10.2 Å². The van der Waals surface area contributed by atoms with Gasteiger partial charge in [-0.1, -0.05) is 0 Å². The molecule has 1 saturated heterocycles. The van der Waals surface area contributed by atoms with Crippen LogP contribution >= 0.6 is 0 Å². The van der Waals surface area contributed by atoms with Crippen molar-refractivity contribution in [1.29, 1.82) is 5.26 Å². The predicted octanol–water partition coefficient (Wildman–Crippen LogP) is 0.742. The normalized spacial score (nSPS) is 15.2. The molecule has 3 aromatic rings. The summed E-state index contributed by atoms with van der Waals surface area (Å²) in [6.45, 7) is 3.39. The lowest BCUT2D eigenvalue weighted by Gasteiger charge is -2.23. The zero-order valence-electron chi connectivity index (χ0n) is 13.9. The Hall–Kier alpha value is -3.28. The van der Waals surface area contributed by atoms with Gasteiger partial charge in [0.25, 0.3) is 0 Å². The van der Waals surface area contributed by atoms with Crippen molar-refractivity contribution in [2.75, 3.05) is 36.0 Å². The van der Waals surface area contributed by atoms with Crippen molar-refractivity contribution in [1.82, 2.24) is 29.7 Å². The molecule has 1 fully saturated rings. The van der Waals surface area contributed by atoms with Crippen LogP contribution in [0.1, 0.15) is 12.1 Å². The number of aryl methyl sites for hydroxylation is 1. The van der Waals surface area contributed by atoms with E-state index in [-0.39, 0.29) is 0 Å². The van der Waals surface area contributed by atoms with Gasteiger partial charge < -0.3 is 14.4 Å². The zero-order chi connectivity index (χ0) is 17.2. The van der Waals surface area contributed by atoms with E-state index >= 15 is 0 Å². The molecule has 0 saturated carbocycles. The third kappa shape index (κ3) is 2.82. The first-order valence-electron chi connectivity index (χ1n) is 8.12. The minimum atomic E-state index is 0.332. The average molecular weight is 335 g/mol. The van der Waals surface area contributed by atoms with Crippen LogP contribution in [0.3, 0.4) is 0 Å². The van der Waals surface area contributed by atoms with Gasteiger partial charge in [0.15, 0.2) is 28.5 Å². The van der Waals surface area contributed by atoms with Crippen molar-refractivity contribution in [2.24, 2.45) is 7.05 Å². The van der Waals surface area contributed by atoms with Gasteiger partial charge >= 0.3 is 0 Å². The first kappa shape index (κ1) is 15.3. The summed E-state index contributed by atoms with van der Waals surface area (Å²) in [6.07, 6.45) is 4.33. The van der Waals surface area contributed by atoms with Gasteiger partial charge in [-0.2, -0.15) is 5.26 Å². The van der Waals surface area contributed by atoms with Crippen molar-refractivity contribution >= 4 is 22.8 Å². The molecular formula is C16H17N9. The van der Waals surface area contributed by atoms with E-state index in [0.717, 1.165) is 55.4 Å². The topological polar surface area (TPSA) is 99.7 Å². The lowest BCUT2D eigenvalue weighted by atomic mass is 10.3. The van der Waals surface area contributed by atoms with Crippen LogP contribution in [0.4, 0.5) is 11.6 Å². The summed E-state index contributed by atoms with van der Waals surface area (Å²) in [5.74, 6) is 1.67. The van der Waals surface area contributed by atoms with Gasteiger partial charge in [-0.3, -0.25) is 0 Å². The summed E-state index contributed by atoms with van der Waals surface area (Å²) in [7, 11) is 1.93. The number of rotatable bonds is 2. The van der Waals surface area contributed by atoms with E-state index in [4.69, 9.17) is 5.26 Å². The predicted molar refractivity (Wildman–Crippen MR) is 92.1 cm³/mol. The van der Waals surface area contributed by atoms with Crippen LogP contribution in [0.2, 0.25) is 0 Å². The first-order valence-corrected chi connectivity index (χ1v) is 8.12. The first-order chi connectivity index (χ1) is 12.3. The largest absolute Gasteiger partial charge is 0.353 e. The molecule has 0 bridgehead atoms. The molecule has 0 amide bonds. The van der Waals surface area contributed by atoms with Gasteiger partial charge in [0.2, 0.25) is 0 Å². The molecule has 3 aromatic heterocycles. The van der Waals surface area contributed by atoms with Crippen molar-refractivity contribution in [3.05, 3.63) is 30.5 Å². The summed E-state index contributed by atoms with van der Waals surface area (Å²) in [6, 6.07) is 5.54. The highest BCUT2D eigenvalue weighted by Crippen LogP contribution is 2.23. The van der Waals surface area contributed by atoms with E-state index in [1.54, 1.807) is 18.7 Å². The quantitative estimate of drug-likeness (QED) is 0.676. The molecule has 4 heterocycles. The standard InChI is InChI=1S/C16H17N9/c1-23-11-20-14-15(23)18-10-19-16(14)25-6-2-5-24(7-8-25)13-4-3-12(9-17)21-22-13/h3-4,10-11H,2,5-8H2,1H3. The molecule has 0 aromatic carbocycles. The maximum Gasteiger partial charge on any atom is 0.165 e. The van der Waals surface area contributed by atoms with Gasteiger partial charge in [-0.05, 0) is 18.6 Å². The summed E-state index contributed by atoms with van der Waals surface area (Å²) in [4.78, 5) is 17.6. The number of fused-ring (bicyclic) bond motifs is 1. The van der Waals surface area contributed by atoms with Crippen LogP contribution in [0.25, 0.3) is 11.2 Å². The van der Waals surface area contributed by atoms with Gasteiger partial charge in [0, 0.05) is 33.2 Å². The average Bonchev–Trinajstić information content (AvgIpc) is 2.89. The highest BCUT2D eigenvalue weighted by molar-refractivity contribution is 5.83. The second kappa shape index (κ2) is 6.32. The number of anilines is 2. The molecule has 9 heteroatoms. The lowest BCUT2D eigenvalue weighted by molar-refractivity contribution is 0.784. The van der Waals surface area contributed by atoms with Crippen LogP contribution in [0.15, 0.2) is 24.8 Å². The Kier molecular flexibility index (Phi) is 3.85. The third-order valence-corrected chi connectivity index (χ3v) is 4.36. The summed E-state index contributed by atoms with van der Waals surface area (Å²) < 4.78 is 1.90. The van der Waals surface area contributed by atoms with E-state index in [1.165, 1.54) is 0 Å². The number of nitrogens with zero attached hydrogens (tertiary/aromatic N) is 9. The fourth-order valence-electron chi connectivity index (χ4n) is 3.08. The SMILES string of the molecule is Cn1cnc2c(N3CCCN(c4ccc(C#N)nn4)CC3)ncnc21. The number of imidazole rings is 1. The molecule has 0 aliphatic carbocycles. The highest BCUT2D eigenvalue weighted by atomic mass is 15.3. The molecule has 0 atom stereocenters. The smallest absolute Gasteiger partial charge is 0.165 e. The van der Waals surface area contributed by atoms with Crippen molar-refractivity contribution in [3.8, 4) is 6.07 Å². The molecule has 126 valence electrons. The van der Waals surface area contributed by atoms with Crippen molar-refractivity contribution in [2.45, 2.75) is 6.42 Å². The van der Waals surface area contributed by atoms with Crippen LogP contribution < -0.4 is 9.80 Å². The maximum absolute atomic E-state index is 8.84. The molecule has 1 aliphatic rings. The molecule has 1 aliphatic heterocycles. The van der Waals surface area contributed by atoms with Crippen LogP contribution in [0, 0.1) is 11.3 Å². The van der Waals surface area contributed by atoms with Crippen LogP contribution in [-0.4, -0.2) is 55.9 Å². The number of nitriles is 1. The van der Waals surface area contributed by atoms with Crippen LogP contribution in [0.5, 0.6) is 0 Å². The molecule has 0 radical (unpaired) electrons. The minimum Gasteiger partial charge on any atom is -0.353 e. The van der Waals surface area contributed by atoms with Crippen molar-refractivity contribution < 1.29 is 0 Å². The van der Waals surface area contributed by atoms with Gasteiger partial charge in [0.1, 0.15) is 12.4 Å². The molecule has 9 nitrogen and oxygen atoms in total. The Morgan fingerprint density at radius 2 is 1.84 bits per heavy atom. The molecule has 25 heavy (non-hydrogen) atoms. The molecule has 0 unspecified atom stereocenters. The second-order valence-electron chi connectivity index (χ2n) is 5.94. The summed E-state index contributed by atoms with van der Waals surface area (Å²) >= 11 is 0. The van der Waals surface area contributed by atoms with E-state index in [1.807, 2.05) is 23.8 Å². The van der Waals surface area contributed by atoms with Gasteiger partial charge in [-0.25, -0.2) is 15.0 Å². The van der Waals surface area contributed by atoms with E-state index < -0.39 is 0 Å². The fraction of sp³-hybridized carbons (Fsp3) is 0.375. The molecule has 4 rings (SSSR count). The molecular weight excluding hydrogens is 318 g/mol. The Bertz CT molecular complexity index is 925. The van der Waals surface area contributed by atoms with Gasteiger partial charge in [0.05, 0.1) is 6.33 Å². The van der Waals surface area contributed by atoms with E-state index in [9.17, 15) is 0 Å². The third-order valence-electron chi connectivity index (χ3n) is 4.36. The Morgan fingerprint density at radius 1 is 1.00 bits per heavy atom. The van der Waals surface area contributed by atoms with Crippen molar-refractivity contribution in [3.63, 3.8) is 0 Å². The Labute approximate surface area is 144 Å². The monoisotopic (exact) mass is 335 g/mol. The summed E-state index contributed by atoms with van der Waals surface area (Å²) in [5.41, 5.74) is 2.00. The Balaban J connectivity index is 1.55. The number of hydrogen-bond donors (Lipinski definition) is 0.